The topological polar surface area (TPSA) is 60.7 Å². The third-order valence-electron chi connectivity index (χ3n) is 3.18. The lowest BCUT2D eigenvalue weighted by Crippen LogP contribution is -2.25. The first-order valence-corrected chi connectivity index (χ1v) is 6.20. The molecule has 0 saturated carbocycles. The minimum atomic E-state index is -0.447. The Morgan fingerprint density at radius 2 is 2.44 bits per heavy atom. The van der Waals surface area contributed by atoms with Gasteiger partial charge in [-0.25, -0.2) is 4.79 Å². The molecule has 1 aliphatic rings. The van der Waals surface area contributed by atoms with Crippen molar-refractivity contribution < 1.29 is 18.7 Å². The number of hydrogen-bond donors (Lipinski definition) is 1. The van der Waals surface area contributed by atoms with Gasteiger partial charge in [0.15, 0.2) is 0 Å². The van der Waals surface area contributed by atoms with E-state index in [9.17, 15) is 4.79 Å². The van der Waals surface area contributed by atoms with Gasteiger partial charge in [-0.1, -0.05) is 0 Å². The van der Waals surface area contributed by atoms with Crippen molar-refractivity contribution in [3.63, 3.8) is 0 Å². The Kier molecular flexibility index (Phi) is 4.38. The van der Waals surface area contributed by atoms with Crippen LogP contribution in [-0.2, 0) is 9.47 Å². The van der Waals surface area contributed by atoms with Crippen molar-refractivity contribution in [2.24, 2.45) is 5.92 Å². The predicted molar refractivity (Wildman–Crippen MR) is 65.4 cm³/mol. The fraction of sp³-hybridized carbons (Fsp3) is 0.615. The molecule has 1 saturated heterocycles. The van der Waals surface area contributed by atoms with Gasteiger partial charge in [0.25, 0.3) is 0 Å². The Morgan fingerprint density at radius 3 is 3.11 bits per heavy atom. The zero-order valence-electron chi connectivity index (χ0n) is 10.8. The lowest BCUT2D eigenvalue weighted by atomic mass is 10.1. The molecule has 1 fully saturated rings. The van der Waals surface area contributed by atoms with Gasteiger partial charge in [0.1, 0.15) is 5.76 Å². The molecule has 0 aliphatic carbocycles. The second-order valence-electron chi connectivity index (χ2n) is 4.55. The van der Waals surface area contributed by atoms with E-state index in [-0.39, 0.29) is 11.8 Å². The molecule has 0 spiro atoms. The molecule has 1 aliphatic heterocycles. The number of furan rings is 1. The maximum Gasteiger partial charge on any atom is 0.373 e. The summed E-state index contributed by atoms with van der Waals surface area (Å²) in [6, 6.07) is 3.51. The van der Waals surface area contributed by atoms with E-state index >= 15 is 0 Å². The molecule has 0 bridgehead atoms. The Balaban J connectivity index is 1.85. The van der Waals surface area contributed by atoms with Gasteiger partial charge in [-0.3, -0.25) is 0 Å². The molecule has 5 nitrogen and oxygen atoms in total. The zero-order valence-corrected chi connectivity index (χ0v) is 10.8. The minimum Gasteiger partial charge on any atom is -0.463 e. The van der Waals surface area contributed by atoms with Crippen molar-refractivity contribution >= 4 is 5.97 Å². The van der Waals surface area contributed by atoms with Gasteiger partial charge in [0, 0.05) is 13.2 Å². The van der Waals surface area contributed by atoms with Gasteiger partial charge >= 0.3 is 5.97 Å². The van der Waals surface area contributed by atoms with Gasteiger partial charge in [-0.05, 0) is 31.4 Å². The monoisotopic (exact) mass is 253 g/mol. The van der Waals surface area contributed by atoms with Crippen LogP contribution in [0, 0.1) is 5.92 Å². The summed E-state index contributed by atoms with van der Waals surface area (Å²) in [6.45, 7) is 4.59. The smallest absolute Gasteiger partial charge is 0.373 e. The first-order chi connectivity index (χ1) is 8.70. The number of hydrogen-bond acceptors (Lipinski definition) is 5. The fourth-order valence-corrected chi connectivity index (χ4v) is 1.98. The van der Waals surface area contributed by atoms with Crippen molar-refractivity contribution in [1.29, 1.82) is 0 Å². The molecule has 100 valence electrons. The summed E-state index contributed by atoms with van der Waals surface area (Å²) in [5.74, 6) is 1.11. The predicted octanol–water partition coefficient (Wildman–Crippen LogP) is 1.75. The van der Waals surface area contributed by atoms with Crippen LogP contribution in [0.3, 0.4) is 0 Å². The van der Waals surface area contributed by atoms with Crippen LogP contribution in [0.5, 0.6) is 0 Å². The van der Waals surface area contributed by atoms with Crippen molar-refractivity contribution in [3.05, 3.63) is 23.7 Å². The maximum absolute atomic E-state index is 11.3. The van der Waals surface area contributed by atoms with E-state index in [0.29, 0.717) is 5.92 Å². The van der Waals surface area contributed by atoms with Gasteiger partial charge in [0.2, 0.25) is 5.76 Å². The Bertz CT molecular complexity index is 395. The zero-order chi connectivity index (χ0) is 13.0. The number of rotatable bonds is 5. The maximum atomic E-state index is 11.3. The van der Waals surface area contributed by atoms with Gasteiger partial charge in [-0.2, -0.15) is 0 Å². The third kappa shape index (κ3) is 3.11. The second kappa shape index (κ2) is 6.02. The van der Waals surface area contributed by atoms with Crippen molar-refractivity contribution in [2.75, 3.05) is 26.9 Å². The molecule has 0 aromatic carbocycles. The molecule has 1 N–H and O–H groups in total. The number of ether oxygens (including phenoxy) is 2. The molecular formula is C13H19NO4. The van der Waals surface area contributed by atoms with E-state index in [1.807, 2.05) is 6.92 Å². The van der Waals surface area contributed by atoms with E-state index < -0.39 is 5.97 Å². The summed E-state index contributed by atoms with van der Waals surface area (Å²) in [6.07, 6.45) is 1.10. The van der Waals surface area contributed by atoms with Crippen LogP contribution in [0.25, 0.3) is 0 Å². The molecule has 2 rings (SSSR count). The summed E-state index contributed by atoms with van der Waals surface area (Å²) in [4.78, 5) is 11.3. The Morgan fingerprint density at radius 1 is 1.61 bits per heavy atom. The van der Waals surface area contributed by atoms with Crippen LogP contribution in [0.15, 0.2) is 16.5 Å². The van der Waals surface area contributed by atoms with Crippen LogP contribution in [-0.4, -0.2) is 32.8 Å². The number of carbonyl (C=O) groups is 1. The summed E-state index contributed by atoms with van der Waals surface area (Å²) in [5.41, 5.74) is 0. The van der Waals surface area contributed by atoms with Crippen LogP contribution in [0.2, 0.25) is 0 Å². The molecule has 1 aromatic rings. The summed E-state index contributed by atoms with van der Waals surface area (Å²) in [5, 5.41) is 3.39. The van der Waals surface area contributed by atoms with Crippen molar-refractivity contribution in [1.82, 2.24) is 5.32 Å². The quantitative estimate of drug-likeness (QED) is 0.810. The molecular weight excluding hydrogens is 234 g/mol. The lowest BCUT2D eigenvalue weighted by Gasteiger charge is -2.14. The van der Waals surface area contributed by atoms with Gasteiger partial charge in [-0.15, -0.1) is 0 Å². The molecule has 0 radical (unpaired) electrons. The number of nitrogens with one attached hydrogen (secondary N) is 1. The van der Waals surface area contributed by atoms with E-state index in [1.165, 1.54) is 7.11 Å². The largest absolute Gasteiger partial charge is 0.463 e. The molecule has 2 unspecified atom stereocenters. The average Bonchev–Trinajstić information content (AvgIpc) is 3.05. The Labute approximate surface area is 106 Å². The van der Waals surface area contributed by atoms with Crippen LogP contribution >= 0.6 is 0 Å². The van der Waals surface area contributed by atoms with Crippen LogP contribution in [0.4, 0.5) is 0 Å². The third-order valence-corrected chi connectivity index (χ3v) is 3.18. The van der Waals surface area contributed by atoms with E-state index in [1.54, 1.807) is 12.1 Å². The van der Waals surface area contributed by atoms with Crippen molar-refractivity contribution in [2.45, 2.75) is 19.4 Å². The highest BCUT2D eigenvalue weighted by Crippen LogP contribution is 2.18. The standard InChI is InChI=1S/C13H19NO4/c1-9(14-7-10-5-6-17-8-10)11-3-4-12(18-11)13(15)16-2/h3-4,9-10,14H,5-8H2,1-2H3. The molecule has 2 heterocycles. The Hall–Kier alpha value is -1.33. The van der Waals surface area contributed by atoms with Gasteiger partial charge in [0.05, 0.1) is 19.8 Å². The number of methoxy groups -OCH3 is 1. The number of esters is 1. The van der Waals surface area contributed by atoms with Crippen LogP contribution < -0.4 is 5.32 Å². The van der Waals surface area contributed by atoms with Gasteiger partial charge < -0.3 is 19.2 Å². The highest BCUT2D eigenvalue weighted by molar-refractivity contribution is 5.86. The second-order valence-corrected chi connectivity index (χ2v) is 4.55. The lowest BCUT2D eigenvalue weighted by molar-refractivity contribution is 0.0562. The molecule has 0 amide bonds. The minimum absolute atomic E-state index is 0.0732. The number of carbonyl (C=O) groups excluding carboxylic acids is 1. The molecule has 2 atom stereocenters. The SMILES string of the molecule is COC(=O)c1ccc(C(C)NCC2CCOC2)o1. The highest BCUT2D eigenvalue weighted by Gasteiger charge is 2.19. The summed E-state index contributed by atoms with van der Waals surface area (Å²) < 4.78 is 15.4. The highest BCUT2D eigenvalue weighted by atomic mass is 16.5. The molecule has 5 heteroatoms. The van der Waals surface area contributed by atoms with E-state index in [2.05, 4.69) is 10.1 Å². The summed E-state index contributed by atoms with van der Waals surface area (Å²) in [7, 11) is 1.34. The normalized spacial score (nSPS) is 20.9. The van der Waals surface area contributed by atoms with Crippen LogP contribution in [0.1, 0.15) is 35.7 Å². The van der Waals surface area contributed by atoms with E-state index in [0.717, 1.165) is 31.9 Å². The summed E-state index contributed by atoms with van der Waals surface area (Å²) >= 11 is 0. The molecule has 1 aromatic heterocycles. The fourth-order valence-electron chi connectivity index (χ4n) is 1.98. The first kappa shape index (κ1) is 13.1. The average molecular weight is 253 g/mol. The molecule has 18 heavy (non-hydrogen) atoms. The van der Waals surface area contributed by atoms with E-state index in [4.69, 9.17) is 9.15 Å². The van der Waals surface area contributed by atoms with Crippen molar-refractivity contribution in [3.8, 4) is 0 Å². The first-order valence-electron chi connectivity index (χ1n) is 6.20.